The van der Waals surface area contributed by atoms with Crippen molar-refractivity contribution in [2.75, 3.05) is 7.11 Å². The minimum atomic E-state index is -1.47. The summed E-state index contributed by atoms with van der Waals surface area (Å²) in [5.41, 5.74) is 0.523. The highest BCUT2D eigenvalue weighted by atomic mass is 16.5. The number of carbonyl (C=O) groups excluding carboxylic acids is 3. The zero-order valence-electron chi connectivity index (χ0n) is 12.0. The molecule has 1 unspecified atom stereocenters. The van der Waals surface area contributed by atoms with Crippen LogP contribution in [0.25, 0.3) is 6.08 Å². The molecular weight excluding hydrogens is 288 g/mol. The van der Waals surface area contributed by atoms with Crippen molar-refractivity contribution >= 4 is 23.6 Å². The normalized spacial score (nSPS) is 18.1. The van der Waals surface area contributed by atoms with Gasteiger partial charge in [0.1, 0.15) is 5.76 Å². The third-order valence-electron chi connectivity index (χ3n) is 3.05. The molecular formula is C16H14O6. The van der Waals surface area contributed by atoms with Gasteiger partial charge in [-0.3, -0.25) is 14.4 Å². The number of cyclic esters (lactones) is 1. The minimum Gasteiger partial charge on any atom is -0.504 e. The van der Waals surface area contributed by atoms with Crippen LogP contribution in [-0.2, 0) is 19.1 Å². The summed E-state index contributed by atoms with van der Waals surface area (Å²) in [6.07, 6.45) is 3.63. The summed E-state index contributed by atoms with van der Waals surface area (Å²) >= 11 is 0. The lowest BCUT2D eigenvalue weighted by molar-refractivity contribution is -0.151. The number of aromatic hydroxyl groups is 1. The van der Waals surface area contributed by atoms with E-state index in [1.54, 1.807) is 6.07 Å². The van der Waals surface area contributed by atoms with Gasteiger partial charge in [0, 0.05) is 6.08 Å². The van der Waals surface area contributed by atoms with Gasteiger partial charge in [0.25, 0.3) is 0 Å². The van der Waals surface area contributed by atoms with Crippen molar-refractivity contribution in [3.8, 4) is 11.5 Å². The van der Waals surface area contributed by atoms with Crippen LogP contribution in [0.4, 0.5) is 0 Å². The summed E-state index contributed by atoms with van der Waals surface area (Å²) < 4.78 is 9.69. The molecule has 2 rings (SSSR count). The Balaban J connectivity index is 2.16. The molecule has 1 aliphatic heterocycles. The van der Waals surface area contributed by atoms with Gasteiger partial charge in [-0.25, -0.2) is 0 Å². The molecule has 1 aromatic carbocycles. The fraction of sp³-hybridized carbons (Fsp3) is 0.188. The van der Waals surface area contributed by atoms with Crippen LogP contribution in [0, 0.1) is 5.92 Å². The van der Waals surface area contributed by atoms with Crippen molar-refractivity contribution < 1.29 is 29.0 Å². The molecule has 0 radical (unpaired) electrons. The van der Waals surface area contributed by atoms with Crippen LogP contribution in [0.2, 0.25) is 0 Å². The molecule has 0 saturated heterocycles. The molecule has 114 valence electrons. The zero-order chi connectivity index (χ0) is 16.3. The quantitative estimate of drug-likeness (QED) is 0.516. The first-order chi connectivity index (χ1) is 10.4. The largest absolute Gasteiger partial charge is 0.504 e. The van der Waals surface area contributed by atoms with Gasteiger partial charge in [0.05, 0.1) is 7.11 Å². The lowest BCUT2D eigenvalue weighted by atomic mass is 9.96. The van der Waals surface area contributed by atoms with Gasteiger partial charge in [0.2, 0.25) is 0 Å². The molecule has 1 atom stereocenters. The van der Waals surface area contributed by atoms with E-state index in [2.05, 4.69) is 0 Å². The Morgan fingerprint density at radius 2 is 2.09 bits per heavy atom. The van der Waals surface area contributed by atoms with Gasteiger partial charge < -0.3 is 14.6 Å². The second-order valence-electron chi connectivity index (χ2n) is 4.68. The summed E-state index contributed by atoms with van der Waals surface area (Å²) in [4.78, 5) is 35.3. The van der Waals surface area contributed by atoms with Gasteiger partial charge in [-0.2, -0.15) is 0 Å². The van der Waals surface area contributed by atoms with Crippen LogP contribution >= 0.6 is 0 Å². The average molecular weight is 302 g/mol. The fourth-order valence-electron chi connectivity index (χ4n) is 1.99. The first kappa shape index (κ1) is 15.5. The van der Waals surface area contributed by atoms with Crippen molar-refractivity contribution in [1.29, 1.82) is 0 Å². The molecule has 1 heterocycles. The Hall–Kier alpha value is -2.89. The lowest BCUT2D eigenvalue weighted by Crippen LogP contribution is -2.34. The van der Waals surface area contributed by atoms with Crippen LogP contribution in [-0.4, -0.2) is 29.8 Å². The second kappa shape index (κ2) is 6.26. The van der Waals surface area contributed by atoms with E-state index < -0.39 is 23.5 Å². The standard InChI is InChI=1S/C16H14O6/c1-9-7-13(19)15(16(20)22-9)11(17)5-3-10-4-6-14(21-2)12(18)8-10/h3-8,15,18H,1-2H3/b5-3+. The van der Waals surface area contributed by atoms with E-state index in [9.17, 15) is 19.5 Å². The van der Waals surface area contributed by atoms with E-state index >= 15 is 0 Å². The first-order valence-corrected chi connectivity index (χ1v) is 6.45. The van der Waals surface area contributed by atoms with E-state index in [1.165, 1.54) is 32.2 Å². The third-order valence-corrected chi connectivity index (χ3v) is 3.05. The smallest absolute Gasteiger partial charge is 0.329 e. The highest BCUT2D eigenvalue weighted by molar-refractivity contribution is 6.25. The molecule has 0 amide bonds. The predicted octanol–water partition coefficient (Wildman–Crippen LogP) is 1.63. The number of benzene rings is 1. The van der Waals surface area contributed by atoms with E-state index in [0.29, 0.717) is 11.3 Å². The van der Waals surface area contributed by atoms with Gasteiger partial charge in [0.15, 0.2) is 29.0 Å². The number of phenolic OH excluding ortho intramolecular Hbond substituents is 1. The zero-order valence-corrected chi connectivity index (χ0v) is 12.0. The Bertz CT molecular complexity index is 699. The number of phenols is 1. The van der Waals surface area contributed by atoms with Gasteiger partial charge in [-0.05, 0) is 30.7 Å². The molecule has 0 aromatic heterocycles. The van der Waals surface area contributed by atoms with Crippen molar-refractivity contribution in [2.45, 2.75) is 6.92 Å². The highest BCUT2D eigenvalue weighted by Crippen LogP contribution is 2.26. The van der Waals surface area contributed by atoms with Crippen LogP contribution in [0.15, 0.2) is 36.1 Å². The summed E-state index contributed by atoms with van der Waals surface area (Å²) in [6, 6.07) is 4.55. The highest BCUT2D eigenvalue weighted by Gasteiger charge is 2.36. The van der Waals surface area contributed by atoms with Gasteiger partial charge in [-0.15, -0.1) is 0 Å². The number of hydrogen-bond acceptors (Lipinski definition) is 6. The van der Waals surface area contributed by atoms with Crippen molar-refractivity contribution in [3.05, 3.63) is 41.7 Å². The number of hydrogen-bond donors (Lipinski definition) is 1. The van der Waals surface area contributed by atoms with Crippen molar-refractivity contribution in [3.63, 3.8) is 0 Å². The Morgan fingerprint density at radius 1 is 1.36 bits per heavy atom. The number of carbonyl (C=O) groups is 3. The first-order valence-electron chi connectivity index (χ1n) is 6.45. The molecule has 1 N–H and O–H groups in total. The topological polar surface area (TPSA) is 89.9 Å². The molecule has 1 aromatic rings. The molecule has 0 spiro atoms. The Kier molecular flexibility index (Phi) is 4.41. The van der Waals surface area contributed by atoms with E-state index in [1.807, 2.05) is 0 Å². The van der Waals surface area contributed by atoms with Crippen LogP contribution in [0.5, 0.6) is 11.5 Å². The SMILES string of the molecule is COc1ccc(/C=C/C(=O)C2C(=O)C=C(C)OC2=O)cc1O. The Morgan fingerprint density at radius 3 is 2.68 bits per heavy atom. The van der Waals surface area contributed by atoms with Gasteiger partial charge >= 0.3 is 5.97 Å². The summed E-state index contributed by atoms with van der Waals surface area (Å²) in [5.74, 6) is -3.22. The minimum absolute atomic E-state index is 0.0798. The maximum Gasteiger partial charge on any atom is 0.329 e. The molecule has 0 saturated carbocycles. The predicted molar refractivity (Wildman–Crippen MR) is 77.0 cm³/mol. The molecule has 1 aliphatic rings. The van der Waals surface area contributed by atoms with Gasteiger partial charge in [-0.1, -0.05) is 12.1 Å². The fourth-order valence-corrected chi connectivity index (χ4v) is 1.99. The van der Waals surface area contributed by atoms with Crippen LogP contribution < -0.4 is 4.74 Å². The molecule has 22 heavy (non-hydrogen) atoms. The monoisotopic (exact) mass is 302 g/mol. The number of methoxy groups -OCH3 is 1. The summed E-state index contributed by atoms with van der Waals surface area (Å²) in [6.45, 7) is 1.46. The average Bonchev–Trinajstić information content (AvgIpc) is 2.44. The second-order valence-corrected chi connectivity index (χ2v) is 4.68. The maximum atomic E-state index is 12.0. The van der Waals surface area contributed by atoms with E-state index in [-0.39, 0.29) is 11.5 Å². The third kappa shape index (κ3) is 3.22. The Labute approximate surface area is 126 Å². The summed E-state index contributed by atoms with van der Waals surface area (Å²) in [5, 5.41) is 9.64. The molecule has 0 fully saturated rings. The van der Waals surface area contributed by atoms with Crippen molar-refractivity contribution in [1.82, 2.24) is 0 Å². The number of ketones is 2. The lowest BCUT2D eigenvalue weighted by Gasteiger charge is -2.15. The number of ether oxygens (including phenoxy) is 2. The molecule has 6 heteroatoms. The molecule has 6 nitrogen and oxygen atoms in total. The molecule has 0 bridgehead atoms. The molecule has 0 aliphatic carbocycles. The maximum absolute atomic E-state index is 12.0. The van der Waals surface area contributed by atoms with Crippen LogP contribution in [0.1, 0.15) is 12.5 Å². The number of allylic oxidation sites excluding steroid dienone is 3. The van der Waals surface area contributed by atoms with E-state index in [4.69, 9.17) is 9.47 Å². The van der Waals surface area contributed by atoms with Crippen molar-refractivity contribution in [2.24, 2.45) is 5.92 Å². The summed E-state index contributed by atoms with van der Waals surface area (Å²) in [7, 11) is 1.42. The number of esters is 1. The van der Waals surface area contributed by atoms with Crippen LogP contribution in [0.3, 0.4) is 0 Å². The van der Waals surface area contributed by atoms with E-state index in [0.717, 1.165) is 12.2 Å². The number of rotatable bonds is 4.